The molecule has 0 amide bonds. The van der Waals surface area contributed by atoms with Gasteiger partial charge >= 0.3 is 0 Å². The Balaban J connectivity index is 1.88. The van der Waals surface area contributed by atoms with Gasteiger partial charge in [0.15, 0.2) is 0 Å². The zero-order valence-electron chi connectivity index (χ0n) is 13.0. The first-order valence-corrected chi connectivity index (χ1v) is 7.50. The van der Waals surface area contributed by atoms with E-state index in [1.165, 1.54) is 5.56 Å². The van der Waals surface area contributed by atoms with Crippen molar-refractivity contribution in [3.05, 3.63) is 66.4 Å². The number of rotatable bonds is 4. The average molecular weight is 291 g/mol. The largest absolute Gasteiger partial charge is 0.398 e. The molecular formula is C19H21N3. The summed E-state index contributed by atoms with van der Waals surface area (Å²) in [4.78, 5) is 4.47. The Labute approximate surface area is 131 Å². The van der Waals surface area contributed by atoms with Gasteiger partial charge in [-0.05, 0) is 23.1 Å². The molecule has 112 valence electrons. The minimum absolute atomic E-state index is 0.00858. The molecule has 0 saturated carbocycles. The number of nitrogens with two attached hydrogens (primary N) is 1. The van der Waals surface area contributed by atoms with Crippen molar-refractivity contribution in [2.24, 2.45) is 0 Å². The molecule has 0 spiro atoms. The van der Waals surface area contributed by atoms with E-state index < -0.39 is 0 Å². The summed E-state index contributed by atoms with van der Waals surface area (Å²) in [5.74, 6) is 0.847. The van der Waals surface area contributed by atoms with E-state index in [1.807, 2.05) is 30.5 Å². The minimum atomic E-state index is 0.00858. The number of hydrogen-bond donors (Lipinski definition) is 2. The number of hydrogen-bond acceptors (Lipinski definition) is 3. The van der Waals surface area contributed by atoms with Crippen molar-refractivity contribution in [1.29, 1.82) is 0 Å². The highest BCUT2D eigenvalue weighted by Gasteiger charge is 2.20. The number of fused-ring (bicyclic) bond motifs is 1. The molecule has 0 aliphatic carbocycles. The molecule has 0 atom stereocenters. The molecular weight excluding hydrogens is 270 g/mol. The molecule has 3 aromatic rings. The molecule has 0 unspecified atom stereocenters. The third kappa shape index (κ3) is 2.75. The van der Waals surface area contributed by atoms with Crippen LogP contribution in [0.25, 0.3) is 10.8 Å². The van der Waals surface area contributed by atoms with Crippen LogP contribution in [0, 0.1) is 0 Å². The lowest BCUT2D eigenvalue weighted by Crippen LogP contribution is -2.28. The molecule has 3 heteroatoms. The van der Waals surface area contributed by atoms with Crippen LogP contribution >= 0.6 is 0 Å². The maximum atomic E-state index is 6.13. The fourth-order valence-corrected chi connectivity index (χ4v) is 2.69. The third-order valence-electron chi connectivity index (χ3n) is 4.08. The van der Waals surface area contributed by atoms with Crippen LogP contribution in [-0.4, -0.2) is 11.5 Å². The second-order valence-electron chi connectivity index (χ2n) is 6.21. The fraction of sp³-hybridized carbons (Fsp3) is 0.211. The van der Waals surface area contributed by atoms with Crippen molar-refractivity contribution in [1.82, 2.24) is 4.98 Å². The van der Waals surface area contributed by atoms with Gasteiger partial charge in [0.25, 0.3) is 0 Å². The summed E-state index contributed by atoms with van der Waals surface area (Å²) >= 11 is 0. The Kier molecular flexibility index (Phi) is 3.72. The summed E-state index contributed by atoms with van der Waals surface area (Å²) in [6.45, 7) is 5.24. The van der Waals surface area contributed by atoms with Crippen LogP contribution in [0.15, 0.2) is 60.8 Å². The van der Waals surface area contributed by atoms with Crippen molar-refractivity contribution in [2.45, 2.75) is 19.3 Å². The van der Waals surface area contributed by atoms with Crippen LogP contribution in [-0.2, 0) is 5.41 Å². The van der Waals surface area contributed by atoms with Gasteiger partial charge < -0.3 is 11.1 Å². The fourth-order valence-electron chi connectivity index (χ4n) is 2.69. The molecule has 22 heavy (non-hydrogen) atoms. The minimum Gasteiger partial charge on any atom is -0.398 e. The molecule has 0 bridgehead atoms. The zero-order chi connectivity index (χ0) is 15.6. The Morgan fingerprint density at radius 1 is 1.00 bits per heavy atom. The molecule has 1 heterocycles. The first-order valence-electron chi connectivity index (χ1n) is 7.50. The molecule has 3 rings (SSSR count). The van der Waals surface area contributed by atoms with Gasteiger partial charge in [0.2, 0.25) is 0 Å². The summed E-state index contributed by atoms with van der Waals surface area (Å²) < 4.78 is 0. The molecule has 0 radical (unpaired) electrons. The molecule has 3 N–H and O–H groups in total. The van der Waals surface area contributed by atoms with Gasteiger partial charge in [-0.1, -0.05) is 56.3 Å². The lowest BCUT2D eigenvalue weighted by atomic mass is 9.84. The summed E-state index contributed by atoms with van der Waals surface area (Å²) in [7, 11) is 0. The van der Waals surface area contributed by atoms with Crippen molar-refractivity contribution >= 4 is 22.3 Å². The van der Waals surface area contributed by atoms with E-state index in [9.17, 15) is 0 Å². The van der Waals surface area contributed by atoms with Crippen molar-refractivity contribution in [3.8, 4) is 0 Å². The van der Waals surface area contributed by atoms with Crippen LogP contribution in [0.1, 0.15) is 19.4 Å². The standard InChI is InChI=1S/C19H21N3/c1-19(2,15-8-4-3-5-9-15)13-22-18-17-14(11-12-21-18)7-6-10-16(17)20/h3-12H,13,20H2,1-2H3,(H,21,22). The second kappa shape index (κ2) is 5.68. The molecule has 2 aromatic carbocycles. The van der Waals surface area contributed by atoms with Gasteiger partial charge in [-0.2, -0.15) is 0 Å². The number of pyridine rings is 1. The number of nitrogens with one attached hydrogen (secondary N) is 1. The second-order valence-corrected chi connectivity index (χ2v) is 6.21. The predicted octanol–water partition coefficient (Wildman–Crippen LogP) is 4.21. The number of benzene rings is 2. The van der Waals surface area contributed by atoms with Crippen molar-refractivity contribution in [2.75, 3.05) is 17.6 Å². The summed E-state index contributed by atoms with van der Waals surface area (Å²) in [5.41, 5.74) is 8.19. The Morgan fingerprint density at radius 3 is 2.55 bits per heavy atom. The maximum Gasteiger partial charge on any atom is 0.135 e. The Hall–Kier alpha value is -2.55. The van der Waals surface area contributed by atoms with Crippen molar-refractivity contribution in [3.63, 3.8) is 0 Å². The van der Waals surface area contributed by atoms with Gasteiger partial charge in [0, 0.05) is 29.2 Å². The lowest BCUT2D eigenvalue weighted by molar-refractivity contribution is 0.556. The monoisotopic (exact) mass is 291 g/mol. The van der Waals surface area contributed by atoms with Crippen LogP contribution in [0.4, 0.5) is 11.5 Å². The highest BCUT2D eigenvalue weighted by Crippen LogP contribution is 2.29. The van der Waals surface area contributed by atoms with E-state index in [4.69, 9.17) is 5.73 Å². The molecule has 3 nitrogen and oxygen atoms in total. The molecule has 0 saturated heterocycles. The number of nitrogen functional groups attached to an aromatic ring is 1. The van der Waals surface area contributed by atoms with E-state index in [2.05, 4.69) is 54.5 Å². The summed E-state index contributed by atoms with van der Waals surface area (Å²) in [5, 5.41) is 5.58. The van der Waals surface area contributed by atoms with E-state index in [0.717, 1.165) is 28.8 Å². The maximum absolute atomic E-state index is 6.13. The SMILES string of the molecule is CC(C)(CNc1nccc2cccc(N)c12)c1ccccc1. The molecule has 0 fully saturated rings. The van der Waals surface area contributed by atoms with E-state index in [-0.39, 0.29) is 5.41 Å². The van der Waals surface area contributed by atoms with Crippen LogP contribution in [0.3, 0.4) is 0 Å². The quantitative estimate of drug-likeness (QED) is 0.708. The van der Waals surface area contributed by atoms with Crippen LogP contribution in [0.5, 0.6) is 0 Å². The first kappa shape index (κ1) is 14.4. The van der Waals surface area contributed by atoms with Gasteiger partial charge in [0.05, 0.1) is 0 Å². The highest BCUT2D eigenvalue weighted by molar-refractivity contribution is 6.00. The van der Waals surface area contributed by atoms with E-state index >= 15 is 0 Å². The smallest absolute Gasteiger partial charge is 0.135 e. The van der Waals surface area contributed by atoms with Crippen LogP contribution < -0.4 is 11.1 Å². The Morgan fingerprint density at radius 2 is 1.77 bits per heavy atom. The lowest BCUT2D eigenvalue weighted by Gasteiger charge is -2.26. The van der Waals surface area contributed by atoms with Crippen molar-refractivity contribution < 1.29 is 0 Å². The van der Waals surface area contributed by atoms with E-state index in [1.54, 1.807) is 0 Å². The zero-order valence-corrected chi connectivity index (χ0v) is 13.0. The van der Waals surface area contributed by atoms with Gasteiger partial charge in [-0.3, -0.25) is 0 Å². The third-order valence-corrected chi connectivity index (χ3v) is 4.08. The molecule has 0 aliphatic rings. The normalized spacial score (nSPS) is 11.5. The number of aromatic nitrogens is 1. The van der Waals surface area contributed by atoms with Crippen LogP contribution in [0.2, 0.25) is 0 Å². The van der Waals surface area contributed by atoms with Gasteiger partial charge in [-0.15, -0.1) is 0 Å². The Bertz CT molecular complexity index is 774. The highest BCUT2D eigenvalue weighted by atomic mass is 15.0. The van der Waals surface area contributed by atoms with Gasteiger partial charge in [-0.25, -0.2) is 4.98 Å². The number of nitrogens with zero attached hydrogens (tertiary/aromatic N) is 1. The predicted molar refractivity (Wildman–Crippen MR) is 94.1 cm³/mol. The first-order chi connectivity index (χ1) is 10.6. The summed E-state index contributed by atoms with van der Waals surface area (Å²) in [6.07, 6.45) is 1.82. The average Bonchev–Trinajstić information content (AvgIpc) is 2.54. The molecule has 1 aromatic heterocycles. The van der Waals surface area contributed by atoms with Gasteiger partial charge in [0.1, 0.15) is 5.82 Å². The number of anilines is 2. The van der Waals surface area contributed by atoms with E-state index in [0.29, 0.717) is 0 Å². The molecule has 0 aliphatic heterocycles. The topological polar surface area (TPSA) is 50.9 Å². The summed E-state index contributed by atoms with van der Waals surface area (Å²) in [6, 6.07) is 18.4.